The van der Waals surface area contributed by atoms with E-state index in [1.54, 1.807) is 28.6 Å². The van der Waals surface area contributed by atoms with Gasteiger partial charge < -0.3 is 5.73 Å². The van der Waals surface area contributed by atoms with E-state index in [1.807, 2.05) is 0 Å². The molecule has 5 heteroatoms. The molecule has 0 saturated carbocycles. The summed E-state index contributed by atoms with van der Waals surface area (Å²) >= 11 is 3.30. The summed E-state index contributed by atoms with van der Waals surface area (Å²) in [5.74, 6) is 1.59. The van der Waals surface area contributed by atoms with Gasteiger partial charge in [0, 0.05) is 5.75 Å². The van der Waals surface area contributed by atoms with Gasteiger partial charge in [-0.2, -0.15) is 0 Å². The normalized spacial score (nSPS) is 13.3. The van der Waals surface area contributed by atoms with Crippen molar-refractivity contribution in [3.8, 4) is 0 Å². The fourth-order valence-corrected chi connectivity index (χ4v) is 2.06. The monoisotopic (exact) mass is 189 g/mol. The molecule has 0 aliphatic heterocycles. The summed E-state index contributed by atoms with van der Waals surface area (Å²) in [5.41, 5.74) is 7.21. The molecule has 2 N–H and O–H groups in total. The number of hydrogen-bond donors (Lipinski definition) is 1. The van der Waals surface area contributed by atoms with Gasteiger partial charge >= 0.3 is 0 Å². The van der Waals surface area contributed by atoms with Crippen molar-refractivity contribution in [3.05, 3.63) is 5.51 Å². The molecular formula is C6H11N3S2. The quantitative estimate of drug-likeness (QED) is 0.724. The molecule has 0 radical (unpaired) electrons. The Hall–Kier alpha value is -0.130. The first-order valence-electron chi connectivity index (χ1n) is 3.42. The van der Waals surface area contributed by atoms with E-state index < -0.39 is 0 Å². The predicted octanol–water partition coefficient (Wildman–Crippen LogP) is 1.23. The van der Waals surface area contributed by atoms with Gasteiger partial charge in [0.25, 0.3) is 0 Å². The molecule has 1 heterocycles. The van der Waals surface area contributed by atoms with E-state index >= 15 is 0 Å². The second-order valence-corrected chi connectivity index (χ2v) is 4.46. The van der Waals surface area contributed by atoms with Crippen LogP contribution in [0, 0.1) is 5.92 Å². The Morgan fingerprint density at radius 1 is 1.82 bits per heavy atom. The summed E-state index contributed by atoms with van der Waals surface area (Å²) in [6.45, 7) is 2.87. The lowest BCUT2D eigenvalue weighted by Gasteiger charge is -2.03. The van der Waals surface area contributed by atoms with Crippen molar-refractivity contribution in [2.24, 2.45) is 11.7 Å². The Bertz CT molecular complexity index is 188. The number of nitrogens with zero attached hydrogens (tertiary/aromatic N) is 2. The molecule has 0 aliphatic rings. The molecule has 1 unspecified atom stereocenters. The maximum absolute atomic E-state index is 5.47. The average Bonchev–Trinajstić information content (AvgIpc) is 2.52. The van der Waals surface area contributed by atoms with Crippen LogP contribution < -0.4 is 5.73 Å². The number of rotatable bonds is 4. The highest BCUT2D eigenvalue weighted by molar-refractivity contribution is 8.01. The zero-order valence-electron chi connectivity index (χ0n) is 6.36. The van der Waals surface area contributed by atoms with Crippen molar-refractivity contribution in [2.45, 2.75) is 11.3 Å². The van der Waals surface area contributed by atoms with Gasteiger partial charge in [0.05, 0.1) is 0 Å². The minimum atomic E-state index is 0.559. The molecule has 11 heavy (non-hydrogen) atoms. The average molecular weight is 189 g/mol. The third-order valence-corrected chi connectivity index (χ3v) is 3.42. The van der Waals surface area contributed by atoms with E-state index in [-0.39, 0.29) is 0 Å². The van der Waals surface area contributed by atoms with Crippen LogP contribution in [-0.2, 0) is 0 Å². The molecule has 1 aromatic heterocycles. The highest BCUT2D eigenvalue weighted by Crippen LogP contribution is 2.20. The van der Waals surface area contributed by atoms with Gasteiger partial charge in [-0.05, 0) is 12.5 Å². The number of nitrogens with two attached hydrogens (primary N) is 1. The zero-order valence-corrected chi connectivity index (χ0v) is 7.99. The molecule has 1 aromatic rings. The van der Waals surface area contributed by atoms with Crippen LogP contribution in [0.15, 0.2) is 9.85 Å². The number of hydrogen-bond acceptors (Lipinski definition) is 5. The van der Waals surface area contributed by atoms with E-state index in [4.69, 9.17) is 5.73 Å². The molecule has 0 saturated heterocycles. The molecule has 0 spiro atoms. The summed E-state index contributed by atoms with van der Waals surface area (Å²) in [6.07, 6.45) is 0. The van der Waals surface area contributed by atoms with Crippen LogP contribution in [0.4, 0.5) is 0 Å². The van der Waals surface area contributed by atoms with Gasteiger partial charge in [-0.3, -0.25) is 0 Å². The van der Waals surface area contributed by atoms with Crippen LogP contribution in [0.25, 0.3) is 0 Å². The Morgan fingerprint density at radius 3 is 3.18 bits per heavy atom. The lowest BCUT2D eigenvalue weighted by molar-refractivity contribution is 0.675. The first kappa shape index (κ1) is 8.96. The summed E-state index contributed by atoms with van der Waals surface area (Å²) in [5, 5.41) is 7.66. The predicted molar refractivity (Wildman–Crippen MR) is 48.9 cm³/mol. The summed E-state index contributed by atoms with van der Waals surface area (Å²) < 4.78 is 1.03. The van der Waals surface area contributed by atoms with Gasteiger partial charge in [0.2, 0.25) is 0 Å². The molecule has 0 fully saturated rings. The summed E-state index contributed by atoms with van der Waals surface area (Å²) in [7, 11) is 0. The maximum Gasteiger partial charge on any atom is 0.174 e. The standard InChI is InChI=1S/C6H11N3S2/c1-5(2-7)3-10-6-9-8-4-11-6/h4-5H,2-3,7H2,1H3. The van der Waals surface area contributed by atoms with Crippen molar-refractivity contribution in [3.63, 3.8) is 0 Å². The summed E-state index contributed by atoms with van der Waals surface area (Å²) in [6, 6.07) is 0. The maximum atomic E-state index is 5.47. The minimum absolute atomic E-state index is 0.559. The molecule has 3 nitrogen and oxygen atoms in total. The molecule has 0 amide bonds. The Balaban J connectivity index is 2.23. The third-order valence-electron chi connectivity index (χ3n) is 1.23. The topological polar surface area (TPSA) is 51.8 Å². The first-order chi connectivity index (χ1) is 5.33. The third kappa shape index (κ3) is 3.18. The lowest BCUT2D eigenvalue weighted by Crippen LogP contribution is -2.12. The van der Waals surface area contributed by atoms with Crippen LogP contribution >= 0.6 is 23.1 Å². The van der Waals surface area contributed by atoms with Gasteiger partial charge in [0.1, 0.15) is 5.51 Å². The van der Waals surface area contributed by atoms with Crippen LogP contribution in [0.3, 0.4) is 0 Å². The van der Waals surface area contributed by atoms with Crippen LogP contribution in [0.2, 0.25) is 0 Å². The van der Waals surface area contributed by atoms with E-state index in [2.05, 4.69) is 17.1 Å². The van der Waals surface area contributed by atoms with Crippen molar-refractivity contribution in [1.29, 1.82) is 0 Å². The second-order valence-electron chi connectivity index (χ2n) is 2.36. The van der Waals surface area contributed by atoms with E-state index in [9.17, 15) is 0 Å². The second kappa shape index (κ2) is 4.69. The first-order valence-corrected chi connectivity index (χ1v) is 5.28. The van der Waals surface area contributed by atoms with Gasteiger partial charge in [-0.25, -0.2) is 0 Å². The van der Waals surface area contributed by atoms with Gasteiger partial charge in [-0.1, -0.05) is 30.0 Å². The Labute approximate surface area is 74.4 Å². The Morgan fingerprint density at radius 2 is 2.64 bits per heavy atom. The van der Waals surface area contributed by atoms with E-state index in [0.717, 1.165) is 16.6 Å². The molecule has 1 rings (SSSR count). The van der Waals surface area contributed by atoms with Crippen molar-refractivity contribution in [2.75, 3.05) is 12.3 Å². The molecule has 0 bridgehead atoms. The smallest absolute Gasteiger partial charge is 0.174 e. The molecule has 62 valence electrons. The molecular weight excluding hydrogens is 178 g/mol. The van der Waals surface area contributed by atoms with E-state index in [0.29, 0.717) is 5.92 Å². The molecule has 0 aromatic carbocycles. The number of thioether (sulfide) groups is 1. The zero-order chi connectivity index (χ0) is 8.10. The highest BCUT2D eigenvalue weighted by Gasteiger charge is 2.02. The van der Waals surface area contributed by atoms with Gasteiger partial charge in [-0.15, -0.1) is 10.2 Å². The van der Waals surface area contributed by atoms with Crippen molar-refractivity contribution < 1.29 is 0 Å². The minimum Gasteiger partial charge on any atom is -0.330 e. The Kier molecular flexibility index (Phi) is 3.82. The fraction of sp³-hybridized carbons (Fsp3) is 0.667. The number of aromatic nitrogens is 2. The van der Waals surface area contributed by atoms with Crippen LogP contribution in [0.1, 0.15) is 6.92 Å². The molecule has 0 aliphatic carbocycles. The summed E-state index contributed by atoms with van der Waals surface area (Å²) in [4.78, 5) is 0. The van der Waals surface area contributed by atoms with E-state index in [1.165, 1.54) is 0 Å². The van der Waals surface area contributed by atoms with Crippen molar-refractivity contribution in [1.82, 2.24) is 10.2 Å². The van der Waals surface area contributed by atoms with Crippen LogP contribution in [0.5, 0.6) is 0 Å². The highest BCUT2D eigenvalue weighted by atomic mass is 32.2. The van der Waals surface area contributed by atoms with Gasteiger partial charge in [0.15, 0.2) is 4.34 Å². The largest absolute Gasteiger partial charge is 0.330 e. The fourth-order valence-electron chi connectivity index (χ4n) is 0.507. The molecule has 1 atom stereocenters. The van der Waals surface area contributed by atoms with Crippen LogP contribution in [-0.4, -0.2) is 22.5 Å². The SMILES string of the molecule is CC(CN)CSc1nncs1. The lowest BCUT2D eigenvalue weighted by atomic mass is 10.2. The van der Waals surface area contributed by atoms with Crippen molar-refractivity contribution >= 4 is 23.1 Å².